The zero-order valence-corrected chi connectivity index (χ0v) is 14.5. The van der Waals surface area contributed by atoms with Crippen LogP contribution < -0.4 is 5.73 Å². The van der Waals surface area contributed by atoms with Gasteiger partial charge in [0.1, 0.15) is 0 Å². The second-order valence-corrected chi connectivity index (χ2v) is 6.35. The van der Waals surface area contributed by atoms with Crippen molar-refractivity contribution in [2.24, 2.45) is 11.7 Å². The van der Waals surface area contributed by atoms with Gasteiger partial charge in [-0.3, -0.25) is 4.79 Å². The molecule has 0 rings (SSSR count). The van der Waals surface area contributed by atoms with E-state index in [9.17, 15) is 4.79 Å². The van der Waals surface area contributed by atoms with Crippen LogP contribution in [0.25, 0.3) is 0 Å². The van der Waals surface area contributed by atoms with Crippen LogP contribution in [0.3, 0.4) is 0 Å². The first-order chi connectivity index (χ1) is 10.1. The van der Waals surface area contributed by atoms with Crippen LogP contribution in [-0.4, -0.2) is 18.6 Å². The number of nitrogens with two attached hydrogens (primary N) is 1. The summed E-state index contributed by atoms with van der Waals surface area (Å²) in [5.41, 5.74) is 6.16. The monoisotopic (exact) mass is 299 g/mol. The second-order valence-electron chi connectivity index (χ2n) is 6.35. The largest absolute Gasteiger partial charge is 0.466 e. The first-order valence-electron chi connectivity index (χ1n) is 8.99. The van der Waals surface area contributed by atoms with Crippen molar-refractivity contribution in [3.05, 3.63) is 0 Å². The Balaban J connectivity index is 3.83. The first kappa shape index (κ1) is 20.4. The summed E-state index contributed by atoms with van der Waals surface area (Å²) in [6.07, 6.45) is 13.3. The van der Waals surface area contributed by atoms with Crippen LogP contribution in [0.2, 0.25) is 0 Å². The minimum atomic E-state index is -0.160. The summed E-state index contributed by atoms with van der Waals surface area (Å²) in [5.74, 6) is 0.357. The lowest BCUT2D eigenvalue weighted by Gasteiger charge is -2.18. The molecule has 0 aromatic carbocycles. The van der Waals surface area contributed by atoms with E-state index < -0.39 is 0 Å². The van der Waals surface area contributed by atoms with Crippen LogP contribution in [0.1, 0.15) is 91.4 Å². The smallest absolute Gasteiger partial charge is 0.302 e. The first-order valence-corrected chi connectivity index (χ1v) is 8.99. The van der Waals surface area contributed by atoms with Crippen molar-refractivity contribution < 1.29 is 9.53 Å². The fourth-order valence-corrected chi connectivity index (χ4v) is 2.70. The Morgan fingerprint density at radius 3 is 2.00 bits per heavy atom. The normalized spacial score (nSPS) is 13.9. The molecule has 0 radical (unpaired) electrons. The molecule has 0 saturated heterocycles. The third-order valence-electron chi connectivity index (χ3n) is 4.10. The van der Waals surface area contributed by atoms with E-state index in [4.69, 9.17) is 10.5 Å². The van der Waals surface area contributed by atoms with Crippen LogP contribution in [0.4, 0.5) is 0 Å². The van der Waals surface area contributed by atoms with E-state index in [0.29, 0.717) is 18.6 Å². The average Bonchev–Trinajstić information content (AvgIpc) is 2.44. The highest BCUT2D eigenvalue weighted by atomic mass is 16.5. The van der Waals surface area contributed by atoms with Crippen LogP contribution in [0, 0.1) is 5.92 Å². The molecule has 2 atom stereocenters. The topological polar surface area (TPSA) is 52.3 Å². The Kier molecular flexibility index (Phi) is 14.0. The quantitative estimate of drug-likeness (QED) is 0.369. The Bertz CT molecular complexity index is 243. The fraction of sp³-hybridized carbons (Fsp3) is 0.944. The molecule has 0 spiro atoms. The SMILES string of the molecule is CCCCC[C@@H](N)CCC[C@H](CCCCC)COC(C)=O. The van der Waals surface area contributed by atoms with Gasteiger partial charge in [-0.25, -0.2) is 0 Å². The van der Waals surface area contributed by atoms with E-state index in [1.54, 1.807) is 0 Å². The lowest BCUT2D eigenvalue weighted by molar-refractivity contribution is -0.142. The van der Waals surface area contributed by atoms with E-state index in [2.05, 4.69) is 13.8 Å². The fourth-order valence-electron chi connectivity index (χ4n) is 2.70. The predicted octanol–water partition coefficient (Wildman–Crippen LogP) is 4.82. The highest BCUT2D eigenvalue weighted by Gasteiger charge is 2.11. The molecule has 0 aliphatic carbocycles. The van der Waals surface area contributed by atoms with E-state index in [1.165, 1.54) is 51.9 Å². The highest BCUT2D eigenvalue weighted by Crippen LogP contribution is 2.19. The van der Waals surface area contributed by atoms with E-state index in [-0.39, 0.29) is 5.97 Å². The van der Waals surface area contributed by atoms with Crippen molar-refractivity contribution in [2.45, 2.75) is 97.4 Å². The molecule has 126 valence electrons. The van der Waals surface area contributed by atoms with Gasteiger partial charge in [0.05, 0.1) is 6.61 Å². The number of carbonyl (C=O) groups is 1. The molecule has 0 aromatic heterocycles. The third kappa shape index (κ3) is 14.1. The zero-order chi connectivity index (χ0) is 15.9. The molecule has 0 bridgehead atoms. The van der Waals surface area contributed by atoms with Gasteiger partial charge in [-0.15, -0.1) is 0 Å². The maximum absolute atomic E-state index is 11.0. The minimum Gasteiger partial charge on any atom is -0.466 e. The molecule has 0 fully saturated rings. The van der Waals surface area contributed by atoms with Gasteiger partial charge in [-0.05, 0) is 31.6 Å². The molecular weight excluding hydrogens is 262 g/mol. The molecule has 0 aliphatic heterocycles. The summed E-state index contributed by atoms with van der Waals surface area (Å²) < 4.78 is 5.20. The molecule has 2 N–H and O–H groups in total. The molecule has 0 heterocycles. The van der Waals surface area contributed by atoms with Crippen molar-refractivity contribution in [2.75, 3.05) is 6.61 Å². The van der Waals surface area contributed by atoms with Crippen LogP contribution in [0.15, 0.2) is 0 Å². The molecule has 21 heavy (non-hydrogen) atoms. The van der Waals surface area contributed by atoms with E-state index in [1.807, 2.05) is 0 Å². The molecule has 0 unspecified atom stereocenters. The summed E-state index contributed by atoms with van der Waals surface area (Å²) in [4.78, 5) is 11.0. The molecule has 3 heteroatoms. The Labute approximate surface area is 132 Å². The second kappa shape index (κ2) is 14.4. The van der Waals surface area contributed by atoms with Crippen molar-refractivity contribution >= 4 is 5.97 Å². The Morgan fingerprint density at radius 2 is 1.43 bits per heavy atom. The molecule has 0 saturated carbocycles. The number of unbranched alkanes of at least 4 members (excludes halogenated alkanes) is 4. The maximum atomic E-state index is 11.0. The lowest BCUT2D eigenvalue weighted by atomic mass is 9.94. The van der Waals surface area contributed by atoms with Gasteiger partial charge in [0.25, 0.3) is 0 Å². The van der Waals surface area contributed by atoms with Crippen LogP contribution in [0.5, 0.6) is 0 Å². The van der Waals surface area contributed by atoms with E-state index in [0.717, 1.165) is 25.7 Å². The van der Waals surface area contributed by atoms with Crippen LogP contribution in [-0.2, 0) is 9.53 Å². The molecular formula is C18H37NO2. The lowest BCUT2D eigenvalue weighted by Crippen LogP contribution is -2.20. The van der Waals surface area contributed by atoms with E-state index >= 15 is 0 Å². The van der Waals surface area contributed by atoms with Crippen molar-refractivity contribution in [1.82, 2.24) is 0 Å². The van der Waals surface area contributed by atoms with Gasteiger partial charge in [0, 0.05) is 13.0 Å². The maximum Gasteiger partial charge on any atom is 0.302 e. The number of hydrogen-bond donors (Lipinski definition) is 1. The number of rotatable bonds is 14. The Hall–Kier alpha value is -0.570. The van der Waals surface area contributed by atoms with Gasteiger partial charge in [0.2, 0.25) is 0 Å². The van der Waals surface area contributed by atoms with Gasteiger partial charge in [0.15, 0.2) is 0 Å². The van der Waals surface area contributed by atoms with Crippen LogP contribution >= 0.6 is 0 Å². The summed E-state index contributed by atoms with van der Waals surface area (Å²) in [6, 6.07) is 0.349. The van der Waals surface area contributed by atoms with Gasteiger partial charge >= 0.3 is 5.97 Å². The minimum absolute atomic E-state index is 0.160. The predicted molar refractivity (Wildman–Crippen MR) is 90.2 cm³/mol. The number of carbonyl (C=O) groups excluding carboxylic acids is 1. The standard InChI is InChI=1S/C18H37NO2/c1-4-6-8-11-17(15-21-16(3)20)12-10-14-18(19)13-9-7-5-2/h17-18H,4-15,19H2,1-3H3/t17-,18+/m0/s1. The number of hydrogen-bond acceptors (Lipinski definition) is 3. The van der Waals surface area contributed by atoms with Gasteiger partial charge in [-0.1, -0.05) is 58.8 Å². The summed E-state index contributed by atoms with van der Waals surface area (Å²) in [6.45, 7) is 6.52. The van der Waals surface area contributed by atoms with Crippen molar-refractivity contribution in [3.63, 3.8) is 0 Å². The third-order valence-corrected chi connectivity index (χ3v) is 4.10. The molecule has 3 nitrogen and oxygen atoms in total. The summed E-state index contributed by atoms with van der Waals surface area (Å²) in [5, 5.41) is 0. The van der Waals surface area contributed by atoms with Gasteiger partial charge < -0.3 is 10.5 Å². The van der Waals surface area contributed by atoms with Gasteiger partial charge in [-0.2, -0.15) is 0 Å². The average molecular weight is 299 g/mol. The molecule has 0 aliphatic rings. The Morgan fingerprint density at radius 1 is 0.905 bits per heavy atom. The number of esters is 1. The number of ether oxygens (including phenoxy) is 1. The van der Waals surface area contributed by atoms with Crippen molar-refractivity contribution in [1.29, 1.82) is 0 Å². The summed E-state index contributed by atoms with van der Waals surface area (Å²) >= 11 is 0. The zero-order valence-electron chi connectivity index (χ0n) is 14.5. The highest BCUT2D eigenvalue weighted by molar-refractivity contribution is 5.65. The summed E-state index contributed by atoms with van der Waals surface area (Å²) in [7, 11) is 0. The van der Waals surface area contributed by atoms with Crippen molar-refractivity contribution in [3.8, 4) is 0 Å². The molecule has 0 amide bonds. The molecule has 0 aromatic rings.